The summed E-state index contributed by atoms with van der Waals surface area (Å²) in [5, 5.41) is -0.269. The molecule has 4 nitrogen and oxygen atoms in total. The van der Waals surface area contributed by atoms with E-state index in [1.54, 1.807) is 18.2 Å². The lowest BCUT2D eigenvalue weighted by molar-refractivity contribution is -0.140. The molecule has 0 saturated carbocycles. The summed E-state index contributed by atoms with van der Waals surface area (Å²) in [6.45, 7) is 1.46. The van der Waals surface area contributed by atoms with Crippen LogP contribution in [0.25, 0.3) is 0 Å². The van der Waals surface area contributed by atoms with Gasteiger partial charge >= 0.3 is 5.97 Å². The molecule has 1 aromatic rings. The molecule has 0 fully saturated rings. The minimum atomic E-state index is -3.53. The molecular weight excluding hydrogens is 311 g/mol. The zero-order valence-corrected chi connectivity index (χ0v) is 12.8. The van der Waals surface area contributed by atoms with Gasteiger partial charge in [-0.2, -0.15) is 0 Å². The van der Waals surface area contributed by atoms with Crippen LogP contribution in [0.1, 0.15) is 18.9 Å². The van der Waals surface area contributed by atoms with Crippen molar-refractivity contribution in [1.82, 2.24) is 0 Å². The summed E-state index contributed by atoms with van der Waals surface area (Å²) in [5.41, 5.74) is 0.350. The zero-order valence-electron chi connectivity index (χ0n) is 10.5. The highest BCUT2D eigenvalue weighted by atomic mass is 35.5. The van der Waals surface area contributed by atoms with Gasteiger partial charge in [0.1, 0.15) is 0 Å². The number of carbonyl (C=O) groups excluding carboxylic acids is 1. The maximum Gasteiger partial charge on any atom is 0.306 e. The summed E-state index contributed by atoms with van der Waals surface area (Å²) in [6, 6.07) is 4.78. The largest absolute Gasteiger partial charge is 0.469 e. The fourth-order valence-corrected chi connectivity index (χ4v) is 3.54. The summed E-state index contributed by atoms with van der Waals surface area (Å²) in [7, 11) is -2.32. The SMILES string of the molecule is COC(=O)CC(C)S(=O)(=O)Cc1c(Cl)cccc1Cl. The highest BCUT2D eigenvalue weighted by molar-refractivity contribution is 7.91. The average molecular weight is 325 g/mol. The number of sulfone groups is 1. The Hall–Kier alpha value is -0.780. The lowest BCUT2D eigenvalue weighted by Crippen LogP contribution is -2.23. The lowest BCUT2D eigenvalue weighted by Gasteiger charge is -2.13. The third-order valence-corrected chi connectivity index (χ3v) is 5.49. The zero-order chi connectivity index (χ0) is 14.6. The van der Waals surface area contributed by atoms with Gasteiger partial charge in [0.2, 0.25) is 0 Å². The molecule has 1 atom stereocenters. The molecule has 0 aliphatic carbocycles. The molecule has 0 amide bonds. The Bertz CT molecular complexity index is 549. The van der Waals surface area contributed by atoms with E-state index in [1.165, 1.54) is 14.0 Å². The fourth-order valence-electron chi connectivity index (χ4n) is 1.46. The van der Waals surface area contributed by atoms with Gasteiger partial charge in [0.05, 0.1) is 24.5 Å². The molecule has 0 aromatic heterocycles. The van der Waals surface area contributed by atoms with E-state index in [9.17, 15) is 13.2 Å². The Morgan fingerprint density at radius 2 is 1.84 bits per heavy atom. The topological polar surface area (TPSA) is 60.4 Å². The summed E-state index contributed by atoms with van der Waals surface area (Å²) < 4.78 is 28.7. The van der Waals surface area contributed by atoms with Crippen LogP contribution in [0.5, 0.6) is 0 Å². The van der Waals surface area contributed by atoms with Crippen LogP contribution in [0.2, 0.25) is 10.0 Å². The monoisotopic (exact) mass is 324 g/mol. The molecule has 0 spiro atoms. The van der Waals surface area contributed by atoms with Gasteiger partial charge in [-0.25, -0.2) is 8.42 Å². The molecular formula is C12H14Cl2O4S. The minimum absolute atomic E-state index is 0.194. The van der Waals surface area contributed by atoms with Gasteiger partial charge in [-0.3, -0.25) is 4.79 Å². The van der Waals surface area contributed by atoms with Crippen LogP contribution >= 0.6 is 23.2 Å². The molecule has 19 heavy (non-hydrogen) atoms. The highest BCUT2D eigenvalue weighted by Gasteiger charge is 2.26. The molecule has 0 N–H and O–H groups in total. The molecule has 0 aliphatic heterocycles. The van der Waals surface area contributed by atoms with Crippen LogP contribution in [-0.4, -0.2) is 26.7 Å². The van der Waals surface area contributed by atoms with Gasteiger partial charge in [-0.05, 0) is 19.1 Å². The van der Waals surface area contributed by atoms with Crippen LogP contribution in [0.3, 0.4) is 0 Å². The third-order valence-electron chi connectivity index (χ3n) is 2.70. The number of methoxy groups -OCH3 is 1. The van der Waals surface area contributed by atoms with E-state index >= 15 is 0 Å². The van der Waals surface area contributed by atoms with Gasteiger partial charge in [-0.1, -0.05) is 29.3 Å². The molecule has 1 rings (SSSR count). The van der Waals surface area contributed by atoms with Crippen LogP contribution in [-0.2, 0) is 25.1 Å². The fraction of sp³-hybridized carbons (Fsp3) is 0.417. The van der Waals surface area contributed by atoms with E-state index in [2.05, 4.69) is 4.74 Å². The molecule has 7 heteroatoms. The first-order chi connectivity index (χ1) is 8.77. The predicted octanol–water partition coefficient (Wildman–Crippen LogP) is 2.86. The number of benzene rings is 1. The first-order valence-electron chi connectivity index (χ1n) is 5.49. The number of rotatable bonds is 5. The van der Waals surface area contributed by atoms with E-state index in [0.29, 0.717) is 15.6 Å². The van der Waals surface area contributed by atoms with Crippen molar-refractivity contribution in [3.8, 4) is 0 Å². The predicted molar refractivity (Wildman–Crippen MR) is 75.2 cm³/mol. The Morgan fingerprint density at radius 1 is 1.32 bits per heavy atom. The van der Waals surface area contributed by atoms with Gasteiger partial charge in [0.15, 0.2) is 9.84 Å². The normalized spacial score (nSPS) is 13.1. The van der Waals surface area contributed by atoms with E-state index in [0.717, 1.165) is 0 Å². The number of carbonyl (C=O) groups is 1. The van der Waals surface area contributed by atoms with Gasteiger partial charge in [-0.15, -0.1) is 0 Å². The van der Waals surface area contributed by atoms with Crippen molar-refractivity contribution in [3.63, 3.8) is 0 Å². The molecule has 1 aromatic carbocycles. The number of hydrogen-bond donors (Lipinski definition) is 0. The first kappa shape index (κ1) is 16.3. The van der Waals surface area contributed by atoms with Gasteiger partial charge < -0.3 is 4.74 Å². The quantitative estimate of drug-likeness (QED) is 0.781. The summed E-state index contributed by atoms with van der Waals surface area (Å²) in [5.74, 6) is -0.870. The summed E-state index contributed by atoms with van der Waals surface area (Å²) >= 11 is 11.9. The van der Waals surface area contributed by atoms with Crippen molar-refractivity contribution in [3.05, 3.63) is 33.8 Å². The van der Waals surface area contributed by atoms with E-state index in [4.69, 9.17) is 23.2 Å². The first-order valence-corrected chi connectivity index (χ1v) is 7.96. The van der Waals surface area contributed by atoms with E-state index in [1.807, 2.05) is 0 Å². The summed E-state index contributed by atoms with van der Waals surface area (Å²) in [4.78, 5) is 11.1. The minimum Gasteiger partial charge on any atom is -0.469 e. The molecule has 0 heterocycles. The molecule has 0 saturated heterocycles. The second-order valence-corrected chi connectivity index (χ2v) is 7.33. The molecule has 1 unspecified atom stereocenters. The number of halogens is 2. The summed E-state index contributed by atoms with van der Waals surface area (Å²) in [6.07, 6.45) is -0.194. The van der Waals surface area contributed by atoms with Crippen LogP contribution in [0, 0.1) is 0 Å². The third kappa shape index (κ3) is 4.37. The second kappa shape index (κ2) is 6.59. The van der Waals surface area contributed by atoms with Crippen molar-refractivity contribution >= 4 is 39.0 Å². The standard InChI is InChI=1S/C12H14Cl2O4S/c1-8(6-12(15)18-2)19(16,17)7-9-10(13)4-3-5-11(9)14/h3-5,8H,6-7H2,1-2H3. The molecule has 106 valence electrons. The molecule has 0 aliphatic rings. The van der Waals surface area contributed by atoms with Crippen molar-refractivity contribution in [2.24, 2.45) is 0 Å². The maximum absolute atomic E-state index is 12.1. The Kier molecular flexibility index (Phi) is 5.64. The van der Waals surface area contributed by atoms with Crippen molar-refractivity contribution in [1.29, 1.82) is 0 Å². The van der Waals surface area contributed by atoms with Crippen molar-refractivity contribution < 1.29 is 17.9 Å². The Balaban J connectivity index is 2.94. The Labute approximate surface area is 122 Å². The van der Waals surface area contributed by atoms with Crippen LogP contribution in [0.4, 0.5) is 0 Å². The van der Waals surface area contributed by atoms with Crippen LogP contribution < -0.4 is 0 Å². The lowest BCUT2D eigenvalue weighted by atomic mass is 10.2. The Morgan fingerprint density at radius 3 is 2.32 bits per heavy atom. The maximum atomic E-state index is 12.1. The number of esters is 1. The number of ether oxygens (including phenoxy) is 1. The number of hydrogen-bond acceptors (Lipinski definition) is 4. The van der Waals surface area contributed by atoms with E-state index in [-0.39, 0.29) is 12.2 Å². The van der Waals surface area contributed by atoms with Crippen molar-refractivity contribution in [2.45, 2.75) is 24.3 Å². The highest BCUT2D eigenvalue weighted by Crippen LogP contribution is 2.27. The molecule has 0 bridgehead atoms. The second-order valence-electron chi connectivity index (χ2n) is 4.10. The van der Waals surface area contributed by atoms with Gasteiger partial charge in [0, 0.05) is 15.6 Å². The van der Waals surface area contributed by atoms with Gasteiger partial charge in [0.25, 0.3) is 0 Å². The van der Waals surface area contributed by atoms with Crippen molar-refractivity contribution in [2.75, 3.05) is 7.11 Å². The van der Waals surface area contributed by atoms with Crippen LogP contribution in [0.15, 0.2) is 18.2 Å². The molecule has 0 radical (unpaired) electrons. The average Bonchev–Trinajstić information content (AvgIpc) is 2.33. The smallest absolute Gasteiger partial charge is 0.306 e. The van der Waals surface area contributed by atoms with E-state index < -0.39 is 21.1 Å².